The number of rotatable bonds is 9. The first kappa shape index (κ1) is 30.7. The summed E-state index contributed by atoms with van der Waals surface area (Å²) >= 11 is 0. The van der Waals surface area contributed by atoms with Crippen LogP contribution in [-0.2, 0) is 22.7 Å². The van der Waals surface area contributed by atoms with Crippen molar-refractivity contribution in [2.75, 3.05) is 5.73 Å². The number of nitrogens with two attached hydrogens (primary N) is 1. The Kier molecular flexibility index (Phi) is 7.94. The van der Waals surface area contributed by atoms with Crippen LogP contribution in [0.1, 0.15) is 6.23 Å². The van der Waals surface area contributed by atoms with Crippen LogP contribution in [-0.4, -0.2) is 83.5 Å². The monoisotopic (exact) mass is 638 g/mol. The standard InChI is InChI=1S/C16H16N8O16P2/c17-14-9-15(19-3-18-14)21(4-20-9)16-11(26)10(25)13(38-16)12(39-42(36,37)40-41(33,34)35)8-6(23(29)30)1-5(22(27)28)2-7(8)24(31)32/h1-4,6,10-11,13,16,25-26H,(H,36,37)(H2,17,18,19)(H2,33,34,35)/t6?,10-,11+,13-,16+/m0/s1. The highest BCUT2D eigenvalue weighted by molar-refractivity contribution is 7.60. The van der Waals surface area contributed by atoms with Crippen molar-refractivity contribution in [3.05, 3.63) is 77.9 Å². The van der Waals surface area contributed by atoms with Crippen LogP contribution in [0.5, 0.6) is 0 Å². The first-order valence-electron chi connectivity index (χ1n) is 10.8. The second kappa shape index (κ2) is 10.9. The van der Waals surface area contributed by atoms with Crippen molar-refractivity contribution in [3.8, 4) is 0 Å². The molecular weight excluding hydrogens is 622 g/mol. The van der Waals surface area contributed by atoms with E-state index in [0.29, 0.717) is 0 Å². The zero-order valence-corrected chi connectivity index (χ0v) is 21.8. The molecule has 0 bridgehead atoms. The molecule has 0 radical (unpaired) electrons. The van der Waals surface area contributed by atoms with Crippen LogP contribution in [0.25, 0.3) is 11.2 Å². The Bertz CT molecular complexity index is 1680. The minimum Gasteiger partial charge on any atom is -0.405 e. The number of aromatic nitrogens is 4. The smallest absolute Gasteiger partial charge is 0.405 e. The second-order valence-electron chi connectivity index (χ2n) is 8.29. The van der Waals surface area contributed by atoms with Crippen molar-refractivity contribution in [3.63, 3.8) is 0 Å². The Labute approximate surface area is 229 Å². The number of phosphoric acid groups is 2. The predicted octanol–water partition coefficient (Wildman–Crippen LogP) is -1.51. The van der Waals surface area contributed by atoms with Crippen LogP contribution in [0.3, 0.4) is 0 Å². The van der Waals surface area contributed by atoms with Gasteiger partial charge in [-0.25, -0.2) is 24.1 Å². The maximum absolute atomic E-state index is 12.5. The Morgan fingerprint density at radius 1 is 1.05 bits per heavy atom. The third kappa shape index (κ3) is 5.87. The van der Waals surface area contributed by atoms with Crippen molar-refractivity contribution in [2.45, 2.75) is 30.6 Å². The molecule has 2 aliphatic rings. The highest BCUT2D eigenvalue weighted by atomic mass is 31.3. The van der Waals surface area contributed by atoms with Crippen molar-refractivity contribution >= 4 is 32.6 Å². The molecular formula is C16H16N8O16P2. The van der Waals surface area contributed by atoms with Gasteiger partial charge in [0.05, 0.1) is 28.3 Å². The number of nitrogen functional groups attached to an aromatic ring is 1. The second-order valence-corrected chi connectivity index (χ2v) is 11.0. The largest absolute Gasteiger partial charge is 0.536 e. The first-order chi connectivity index (χ1) is 19.4. The molecule has 2 aromatic rings. The van der Waals surface area contributed by atoms with Crippen LogP contribution in [0, 0.1) is 30.3 Å². The fraction of sp³-hybridized carbons (Fsp3) is 0.312. The zero-order chi connectivity index (χ0) is 31.3. The van der Waals surface area contributed by atoms with E-state index >= 15 is 0 Å². The lowest BCUT2D eigenvalue weighted by molar-refractivity contribution is -0.508. The third-order valence-corrected chi connectivity index (χ3v) is 7.77. The number of ether oxygens (including phenoxy) is 1. The molecule has 1 saturated heterocycles. The van der Waals surface area contributed by atoms with E-state index < -0.39 is 83.7 Å². The summed E-state index contributed by atoms with van der Waals surface area (Å²) in [6.07, 6.45) is -6.06. The van der Waals surface area contributed by atoms with Crippen LogP contribution in [0.4, 0.5) is 5.82 Å². The predicted molar refractivity (Wildman–Crippen MR) is 128 cm³/mol. The average molecular weight is 638 g/mol. The molecule has 0 amide bonds. The summed E-state index contributed by atoms with van der Waals surface area (Å²) in [6, 6.07) is -2.60. The van der Waals surface area contributed by atoms with Crippen LogP contribution in [0.2, 0.25) is 0 Å². The van der Waals surface area contributed by atoms with Crippen molar-refractivity contribution in [1.82, 2.24) is 19.5 Å². The van der Waals surface area contributed by atoms with Gasteiger partial charge in [0.15, 0.2) is 23.5 Å². The van der Waals surface area contributed by atoms with E-state index in [1.807, 2.05) is 0 Å². The summed E-state index contributed by atoms with van der Waals surface area (Å²) in [7, 11) is -11.9. The molecule has 2 unspecified atom stereocenters. The van der Waals surface area contributed by atoms with E-state index in [4.69, 9.17) is 20.3 Å². The minimum atomic E-state index is -6.09. The lowest BCUT2D eigenvalue weighted by Gasteiger charge is -2.24. The highest BCUT2D eigenvalue weighted by Crippen LogP contribution is 2.60. The minimum absolute atomic E-state index is 0.0207. The fourth-order valence-corrected chi connectivity index (χ4v) is 5.72. The number of nitro groups is 3. The number of nitrogens with zero attached hydrogens (tertiary/aromatic N) is 7. The number of aliphatic hydroxyl groups is 2. The Morgan fingerprint density at radius 3 is 2.29 bits per heavy atom. The molecule has 2 aromatic heterocycles. The van der Waals surface area contributed by atoms with Gasteiger partial charge in [0.1, 0.15) is 35.7 Å². The lowest BCUT2D eigenvalue weighted by atomic mass is 9.93. The van der Waals surface area contributed by atoms with Gasteiger partial charge in [0, 0.05) is 4.92 Å². The molecule has 0 saturated carbocycles. The van der Waals surface area contributed by atoms with Gasteiger partial charge >= 0.3 is 15.6 Å². The normalized spacial score (nSPS) is 27.1. The maximum atomic E-state index is 12.5. The topological polar surface area (TPSA) is 362 Å². The summed E-state index contributed by atoms with van der Waals surface area (Å²) in [5.41, 5.74) is 1.63. The van der Waals surface area contributed by atoms with Gasteiger partial charge < -0.3 is 35.0 Å². The van der Waals surface area contributed by atoms with Crippen LogP contribution < -0.4 is 5.73 Å². The number of phosphoric ester groups is 1. The molecule has 1 aliphatic heterocycles. The molecule has 26 heteroatoms. The van der Waals surface area contributed by atoms with Crippen molar-refractivity contribution in [1.29, 1.82) is 0 Å². The molecule has 42 heavy (non-hydrogen) atoms. The summed E-state index contributed by atoms with van der Waals surface area (Å²) < 4.78 is 38.6. The number of allylic oxidation sites excluding steroid dienone is 1. The van der Waals surface area contributed by atoms with Gasteiger partial charge in [0.2, 0.25) is 0 Å². The summed E-state index contributed by atoms with van der Waals surface area (Å²) in [5.74, 6) is -1.64. The van der Waals surface area contributed by atoms with Crippen LogP contribution >= 0.6 is 15.6 Å². The van der Waals surface area contributed by atoms with E-state index in [1.54, 1.807) is 0 Å². The van der Waals surface area contributed by atoms with E-state index in [2.05, 4.69) is 23.8 Å². The number of aliphatic hydroxyl groups excluding tert-OH is 2. The number of imidazole rings is 1. The Morgan fingerprint density at radius 2 is 1.71 bits per heavy atom. The van der Waals surface area contributed by atoms with E-state index in [0.717, 1.165) is 17.2 Å². The number of anilines is 1. The van der Waals surface area contributed by atoms with E-state index in [1.165, 1.54) is 0 Å². The third-order valence-electron chi connectivity index (χ3n) is 5.67. The first-order valence-corrected chi connectivity index (χ1v) is 13.8. The molecule has 226 valence electrons. The summed E-state index contributed by atoms with van der Waals surface area (Å²) in [4.78, 5) is 70.7. The van der Waals surface area contributed by atoms with E-state index in [-0.39, 0.29) is 29.1 Å². The number of hydrogen-bond acceptors (Lipinski definition) is 17. The van der Waals surface area contributed by atoms with Gasteiger partial charge in [-0.05, 0) is 0 Å². The van der Waals surface area contributed by atoms with Gasteiger partial charge in [-0.15, -0.1) is 0 Å². The molecule has 3 heterocycles. The Balaban J connectivity index is 1.94. The van der Waals surface area contributed by atoms with E-state index in [9.17, 15) is 54.6 Å². The molecule has 0 spiro atoms. The van der Waals surface area contributed by atoms with Gasteiger partial charge in [-0.1, -0.05) is 0 Å². The Hall–Kier alpha value is -4.25. The quantitative estimate of drug-likeness (QED) is 0.0786. The molecule has 0 aromatic carbocycles. The SMILES string of the molecule is Nc1ncnc2c1ncn2[C@@H]1O[C@H](C(OP(=O)(O)OP(=O)(O)O)=C2C([N+](=O)[O-])=CC([N+](=O)[O-])=CC2[N+](=O)[O-])[C@@H](O)[C@H]1O. The van der Waals surface area contributed by atoms with Crippen molar-refractivity contribution in [2.24, 2.45) is 0 Å². The highest BCUT2D eigenvalue weighted by Gasteiger charge is 2.54. The average Bonchev–Trinajstić information content (AvgIpc) is 3.42. The fourth-order valence-electron chi connectivity index (χ4n) is 4.06. The van der Waals surface area contributed by atoms with Gasteiger partial charge in [-0.2, -0.15) is 4.31 Å². The molecule has 7 N–H and O–H groups in total. The van der Waals surface area contributed by atoms with Crippen LogP contribution in [0.15, 0.2) is 47.5 Å². The summed E-state index contributed by atoms with van der Waals surface area (Å²) in [6.45, 7) is 0. The maximum Gasteiger partial charge on any atom is 0.536 e. The van der Waals surface area contributed by atoms with Gasteiger partial charge in [0.25, 0.3) is 17.4 Å². The van der Waals surface area contributed by atoms with Crippen molar-refractivity contribution < 1.29 is 62.4 Å². The van der Waals surface area contributed by atoms with Gasteiger partial charge in [-0.3, -0.25) is 39.8 Å². The molecule has 6 atom stereocenters. The molecule has 1 aliphatic carbocycles. The molecule has 4 rings (SSSR count). The number of fused-ring (bicyclic) bond motifs is 1. The zero-order valence-electron chi connectivity index (χ0n) is 20.0. The number of hydrogen-bond donors (Lipinski definition) is 6. The lowest BCUT2D eigenvalue weighted by Crippen LogP contribution is -2.36. The molecule has 24 nitrogen and oxygen atoms in total. The summed E-state index contributed by atoms with van der Waals surface area (Å²) in [5, 5.41) is 56.7. The molecule has 1 fully saturated rings.